The van der Waals surface area contributed by atoms with Gasteiger partial charge in [0.25, 0.3) is 0 Å². The summed E-state index contributed by atoms with van der Waals surface area (Å²) in [5.74, 6) is 0.322. The van der Waals surface area contributed by atoms with E-state index in [1.807, 2.05) is 25.7 Å². The molecular weight excluding hydrogens is 270 g/mol. The van der Waals surface area contributed by atoms with Crippen molar-refractivity contribution in [2.45, 2.75) is 55.9 Å². The average molecular weight is 295 g/mol. The fraction of sp³-hybridized carbons (Fsp3) is 0.867. The summed E-state index contributed by atoms with van der Waals surface area (Å²) in [5.41, 5.74) is -0.674. The third kappa shape index (κ3) is 3.48. The predicted octanol–water partition coefficient (Wildman–Crippen LogP) is 2.01. The van der Waals surface area contributed by atoms with Crippen LogP contribution in [-0.2, 0) is 4.79 Å². The topological polar surface area (TPSA) is 56.1 Å². The number of nitrogens with zero attached hydrogens (tertiary/aromatic N) is 2. The molecule has 2 rings (SSSR count). The summed E-state index contributed by atoms with van der Waals surface area (Å²) in [7, 11) is 2.03. The summed E-state index contributed by atoms with van der Waals surface area (Å²) in [6, 6.07) is 2.77. The summed E-state index contributed by atoms with van der Waals surface area (Å²) in [6.07, 6.45) is 7.93. The monoisotopic (exact) mass is 295 g/mol. The number of hydrogen-bond acceptors (Lipinski definition) is 4. The van der Waals surface area contributed by atoms with E-state index in [0.29, 0.717) is 23.8 Å². The summed E-state index contributed by atoms with van der Waals surface area (Å²) in [4.78, 5) is 14.4. The Bertz CT molecular complexity index is 404. The number of thioether (sulfide) groups is 1. The number of likely N-dealkylation sites (N-methyl/N-ethyl adjacent to an activating group) is 1. The van der Waals surface area contributed by atoms with Gasteiger partial charge < -0.3 is 5.32 Å². The van der Waals surface area contributed by atoms with Crippen molar-refractivity contribution in [3.05, 3.63) is 0 Å². The number of nitriles is 1. The van der Waals surface area contributed by atoms with Crippen LogP contribution in [0.5, 0.6) is 0 Å². The van der Waals surface area contributed by atoms with Crippen LogP contribution in [0.1, 0.15) is 39.0 Å². The van der Waals surface area contributed by atoms with Crippen molar-refractivity contribution in [2.75, 3.05) is 19.8 Å². The van der Waals surface area contributed by atoms with Gasteiger partial charge in [-0.2, -0.15) is 17.0 Å². The summed E-state index contributed by atoms with van der Waals surface area (Å²) in [6.45, 7) is 2.24. The maximum absolute atomic E-state index is 12.2. The Morgan fingerprint density at radius 2 is 2.15 bits per heavy atom. The van der Waals surface area contributed by atoms with Gasteiger partial charge in [-0.25, -0.2) is 0 Å². The summed E-state index contributed by atoms with van der Waals surface area (Å²) < 4.78 is 0. The molecule has 0 heterocycles. The normalized spacial score (nSPS) is 28.9. The largest absolute Gasteiger partial charge is 0.337 e. The molecule has 2 aliphatic carbocycles. The lowest BCUT2D eigenvalue weighted by atomic mass is 9.98. The van der Waals surface area contributed by atoms with E-state index in [9.17, 15) is 10.1 Å². The zero-order valence-electron chi connectivity index (χ0n) is 12.7. The van der Waals surface area contributed by atoms with E-state index in [2.05, 4.69) is 22.5 Å². The highest BCUT2D eigenvalue weighted by molar-refractivity contribution is 7.99. The molecule has 4 nitrogen and oxygen atoms in total. The number of amides is 1. The number of carbonyl (C=O) groups excluding carboxylic acids is 1. The molecule has 0 aromatic carbocycles. The zero-order valence-corrected chi connectivity index (χ0v) is 13.5. The minimum atomic E-state index is -0.674. The van der Waals surface area contributed by atoms with Crippen LogP contribution in [0.15, 0.2) is 0 Å². The van der Waals surface area contributed by atoms with Crippen molar-refractivity contribution in [1.29, 1.82) is 5.26 Å². The van der Waals surface area contributed by atoms with E-state index in [1.165, 1.54) is 19.3 Å². The number of carbonyl (C=O) groups is 1. The van der Waals surface area contributed by atoms with E-state index in [1.54, 1.807) is 0 Å². The van der Waals surface area contributed by atoms with E-state index >= 15 is 0 Å². The van der Waals surface area contributed by atoms with E-state index < -0.39 is 5.54 Å². The van der Waals surface area contributed by atoms with Crippen LogP contribution in [-0.4, -0.2) is 47.5 Å². The van der Waals surface area contributed by atoms with Gasteiger partial charge >= 0.3 is 0 Å². The van der Waals surface area contributed by atoms with E-state index in [0.717, 1.165) is 12.8 Å². The molecule has 5 heteroatoms. The first kappa shape index (κ1) is 15.7. The predicted molar refractivity (Wildman–Crippen MR) is 82.5 cm³/mol. The van der Waals surface area contributed by atoms with E-state index in [4.69, 9.17) is 0 Å². The number of nitrogens with one attached hydrogen (secondary N) is 1. The average Bonchev–Trinajstić information content (AvgIpc) is 3.16. The molecule has 0 bridgehead atoms. The van der Waals surface area contributed by atoms with Crippen LogP contribution in [0.3, 0.4) is 0 Å². The van der Waals surface area contributed by atoms with Crippen LogP contribution in [0.25, 0.3) is 0 Å². The highest BCUT2D eigenvalue weighted by Crippen LogP contribution is 2.39. The van der Waals surface area contributed by atoms with Crippen molar-refractivity contribution in [3.8, 4) is 6.07 Å². The Kier molecular flexibility index (Phi) is 4.98. The van der Waals surface area contributed by atoms with Gasteiger partial charge in [0.15, 0.2) is 0 Å². The second-order valence-corrected chi connectivity index (χ2v) is 7.40. The molecule has 0 aliphatic heterocycles. The molecule has 2 fully saturated rings. The fourth-order valence-electron chi connectivity index (χ4n) is 3.24. The maximum atomic E-state index is 12.2. The number of hydrogen-bond donors (Lipinski definition) is 1. The molecule has 2 aliphatic rings. The lowest BCUT2D eigenvalue weighted by molar-refractivity contribution is -0.123. The second-order valence-electron chi connectivity index (χ2n) is 6.32. The Balaban J connectivity index is 1.86. The molecule has 0 unspecified atom stereocenters. The van der Waals surface area contributed by atoms with Crippen LogP contribution < -0.4 is 5.32 Å². The molecule has 1 amide bonds. The van der Waals surface area contributed by atoms with Crippen molar-refractivity contribution in [3.63, 3.8) is 0 Å². The Hall–Kier alpha value is -0.730. The molecule has 112 valence electrons. The van der Waals surface area contributed by atoms with Crippen molar-refractivity contribution >= 4 is 17.7 Å². The van der Waals surface area contributed by atoms with Gasteiger partial charge in [0.1, 0.15) is 5.54 Å². The minimum absolute atomic E-state index is 0.0183. The van der Waals surface area contributed by atoms with Crippen LogP contribution in [0.4, 0.5) is 0 Å². The molecule has 0 aromatic rings. The third-order valence-corrected chi connectivity index (χ3v) is 5.86. The Morgan fingerprint density at radius 1 is 1.45 bits per heavy atom. The fourth-order valence-corrected chi connectivity index (χ4v) is 4.30. The Labute approximate surface area is 126 Å². The number of rotatable bonds is 6. The van der Waals surface area contributed by atoms with Crippen LogP contribution >= 0.6 is 11.8 Å². The molecule has 0 spiro atoms. The molecule has 0 aromatic heterocycles. The van der Waals surface area contributed by atoms with Crippen molar-refractivity contribution in [1.82, 2.24) is 10.2 Å². The highest BCUT2D eigenvalue weighted by Gasteiger charge is 2.43. The first-order valence-corrected chi connectivity index (χ1v) is 8.74. The maximum Gasteiger partial charge on any atom is 0.235 e. The first-order chi connectivity index (χ1) is 9.50. The lowest BCUT2D eigenvalue weighted by Gasteiger charge is -2.30. The van der Waals surface area contributed by atoms with Gasteiger partial charge in [0.2, 0.25) is 5.91 Å². The zero-order chi connectivity index (χ0) is 14.8. The molecule has 1 N–H and O–H groups in total. The highest BCUT2D eigenvalue weighted by atomic mass is 32.2. The van der Waals surface area contributed by atoms with Crippen molar-refractivity contribution in [2.24, 2.45) is 5.92 Å². The molecular formula is C15H25N3OS. The van der Waals surface area contributed by atoms with Gasteiger partial charge in [-0.1, -0.05) is 6.42 Å². The third-order valence-electron chi connectivity index (χ3n) is 4.70. The molecule has 0 saturated heterocycles. The standard InChI is InChI=1S/C15H25N3OS/c1-15(10-16,11-7-8-11)17-14(19)9-18(2)12-5-4-6-13(12)20-3/h11-13H,4-9H2,1-3H3,(H,17,19)/t12-,13+,15-/m0/s1. The van der Waals surface area contributed by atoms with Crippen LogP contribution in [0.2, 0.25) is 0 Å². The second kappa shape index (κ2) is 6.36. The van der Waals surface area contributed by atoms with Gasteiger partial charge in [-0.15, -0.1) is 0 Å². The van der Waals surface area contributed by atoms with Gasteiger partial charge in [-0.05, 0) is 51.8 Å². The van der Waals surface area contributed by atoms with Gasteiger partial charge in [-0.3, -0.25) is 9.69 Å². The van der Waals surface area contributed by atoms with Crippen molar-refractivity contribution < 1.29 is 4.79 Å². The molecule has 20 heavy (non-hydrogen) atoms. The quantitative estimate of drug-likeness (QED) is 0.814. The Morgan fingerprint density at radius 3 is 2.70 bits per heavy atom. The SMILES string of the molecule is CS[C@@H]1CCC[C@@H]1N(C)CC(=O)N[C@@](C)(C#N)C1CC1. The summed E-state index contributed by atoms with van der Waals surface area (Å²) >= 11 is 1.90. The molecule has 3 atom stereocenters. The minimum Gasteiger partial charge on any atom is -0.337 e. The smallest absolute Gasteiger partial charge is 0.235 e. The van der Waals surface area contributed by atoms with Gasteiger partial charge in [0.05, 0.1) is 12.6 Å². The van der Waals surface area contributed by atoms with Gasteiger partial charge in [0, 0.05) is 11.3 Å². The summed E-state index contributed by atoms with van der Waals surface area (Å²) in [5, 5.41) is 12.9. The van der Waals surface area contributed by atoms with E-state index in [-0.39, 0.29) is 5.91 Å². The van der Waals surface area contributed by atoms with Crippen LogP contribution in [0, 0.1) is 17.2 Å². The molecule has 2 saturated carbocycles. The first-order valence-electron chi connectivity index (χ1n) is 7.45. The lowest BCUT2D eigenvalue weighted by Crippen LogP contribution is -2.51. The molecule has 0 radical (unpaired) electrons.